The van der Waals surface area contributed by atoms with Gasteiger partial charge in [0.2, 0.25) is 0 Å². The van der Waals surface area contributed by atoms with E-state index in [1.165, 1.54) is 71.0 Å². The molecular formula is C38H26BrN. The van der Waals surface area contributed by atoms with E-state index in [0.29, 0.717) is 0 Å². The van der Waals surface area contributed by atoms with Crippen molar-refractivity contribution >= 4 is 60.7 Å². The molecule has 0 saturated carbocycles. The summed E-state index contributed by atoms with van der Waals surface area (Å²) >= 11 is 3.67. The lowest BCUT2D eigenvalue weighted by atomic mass is 9.86. The van der Waals surface area contributed by atoms with Gasteiger partial charge in [-0.25, -0.2) is 0 Å². The lowest BCUT2D eigenvalue weighted by Crippen LogP contribution is -2.31. The van der Waals surface area contributed by atoms with Gasteiger partial charge in [-0.05, 0) is 92.7 Å². The van der Waals surface area contributed by atoms with E-state index in [-0.39, 0.29) is 0 Å². The van der Waals surface area contributed by atoms with E-state index in [2.05, 4.69) is 154 Å². The molecule has 0 saturated heterocycles. The second-order valence-corrected chi connectivity index (χ2v) is 11.5. The largest absolute Gasteiger partial charge is 0.309 e. The molecule has 0 N–H and O–H groups in total. The molecule has 0 aliphatic heterocycles. The number of hydrogen-bond acceptors (Lipinski definition) is 0. The van der Waals surface area contributed by atoms with Crippen LogP contribution in [0.25, 0.3) is 72.7 Å². The van der Waals surface area contributed by atoms with Crippen LogP contribution in [0.4, 0.5) is 0 Å². The summed E-state index contributed by atoms with van der Waals surface area (Å²) in [7, 11) is 0. The van der Waals surface area contributed by atoms with Crippen molar-refractivity contribution in [2.75, 3.05) is 0 Å². The number of fused-ring (bicyclic) bond motifs is 5. The minimum Gasteiger partial charge on any atom is -0.309 e. The fraction of sp³-hybridized carbons (Fsp3) is 0.0526. The van der Waals surface area contributed by atoms with Crippen molar-refractivity contribution in [3.63, 3.8) is 0 Å². The van der Waals surface area contributed by atoms with E-state index in [1.54, 1.807) is 0 Å². The molecule has 6 aromatic carbocycles. The third-order valence-corrected chi connectivity index (χ3v) is 8.76. The molecule has 0 amide bonds. The van der Waals surface area contributed by atoms with Gasteiger partial charge in [0.05, 0.1) is 11.0 Å². The summed E-state index contributed by atoms with van der Waals surface area (Å²) in [5.74, 6) is 0. The highest BCUT2D eigenvalue weighted by atomic mass is 79.9. The monoisotopic (exact) mass is 575 g/mol. The van der Waals surface area contributed by atoms with Crippen molar-refractivity contribution in [1.82, 2.24) is 4.57 Å². The Hall–Kier alpha value is -4.40. The Morgan fingerprint density at radius 2 is 1.02 bits per heavy atom. The van der Waals surface area contributed by atoms with Crippen LogP contribution in [0.15, 0.2) is 126 Å². The maximum absolute atomic E-state index is 3.67. The summed E-state index contributed by atoms with van der Waals surface area (Å²) in [5, 5.41) is 7.87. The molecule has 0 bridgehead atoms. The first-order valence-electron chi connectivity index (χ1n) is 13.9. The van der Waals surface area contributed by atoms with E-state index in [9.17, 15) is 0 Å². The van der Waals surface area contributed by atoms with E-state index in [4.69, 9.17) is 0 Å². The smallest absolute Gasteiger partial charge is 0.0541 e. The molecule has 0 fully saturated rings. The van der Waals surface area contributed by atoms with Gasteiger partial charge in [-0.15, -0.1) is 0 Å². The molecule has 1 aromatic heterocycles. The Labute approximate surface area is 241 Å². The Kier molecular flexibility index (Phi) is 5.50. The van der Waals surface area contributed by atoms with Crippen molar-refractivity contribution in [3.05, 3.63) is 136 Å². The van der Waals surface area contributed by atoms with Crippen LogP contribution < -0.4 is 10.4 Å². The molecule has 7 aromatic rings. The maximum Gasteiger partial charge on any atom is 0.0541 e. The summed E-state index contributed by atoms with van der Waals surface area (Å²) in [4.78, 5) is 0. The fourth-order valence-electron chi connectivity index (χ4n) is 6.59. The van der Waals surface area contributed by atoms with Gasteiger partial charge in [0.25, 0.3) is 0 Å². The summed E-state index contributed by atoms with van der Waals surface area (Å²) in [6.07, 6.45) is 7.04. The van der Waals surface area contributed by atoms with E-state index in [0.717, 1.165) is 17.3 Å². The highest BCUT2D eigenvalue weighted by molar-refractivity contribution is 9.10. The van der Waals surface area contributed by atoms with Gasteiger partial charge in [0, 0.05) is 20.9 Å². The molecule has 2 heteroatoms. The Balaban J connectivity index is 1.37. The summed E-state index contributed by atoms with van der Waals surface area (Å²) in [6, 6.07) is 44.2. The Morgan fingerprint density at radius 1 is 0.475 bits per heavy atom. The zero-order valence-corrected chi connectivity index (χ0v) is 23.5. The second-order valence-electron chi connectivity index (χ2n) is 10.5. The van der Waals surface area contributed by atoms with Crippen molar-refractivity contribution < 1.29 is 0 Å². The molecule has 1 aliphatic rings. The van der Waals surface area contributed by atoms with Crippen molar-refractivity contribution in [2.45, 2.75) is 12.8 Å². The molecule has 1 nitrogen and oxygen atoms in total. The SMILES string of the molecule is Brc1ccc2c(c1)c1ccccc1n2-c1ccc(-c2c3c(c(-c4ccccc4)c4ccccc24)=CCCC=3)cc1. The molecule has 8 rings (SSSR count). The zero-order valence-electron chi connectivity index (χ0n) is 21.9. The minimum atomic E-state index is 1.07. The van der Waals surface area contributed by atoms with Gasteiger partial charge >= 0.3 is 0 Å². The number of hydrogen-bond donors (Lipinski definition) is 0. The third kappa shape index (κ3) is 3.60. The minimum absolute atomic E-state index is 1.07. The number of rotatable bonds is 3. The maximum atomic E-state index is 3.67. The van der Waals surface area contributed by atoms with Crippen LogP contribution in [-0.4, -0.2) is 4.57 Å². The van der Waals surface area contributed by atoms with E-state index in [1.807, 2.05) is 0 Å². The molecule has 1 heterocycles. The first-order valence-corrected chi connectivity index (χ1v) is 14.7. The molecular weight excluding hydrogens is 550 g/mol. The average molecular weight is 577 g/mol. The Bertz CT molecular complexity index is 2200. The Morgan fingerprint density at radius 3 is 1.70 bits per heavy atom. The number of halogens is 1. The summed E-state index contributed by atoms with van der Waals surface area (Å²) in [6.45, 7) is 0. The third-order valence-electron chi connectivity index (χ3n) is 8.27. The van der Waals surface area contributed by atoms with Gasteiger partial charge in [-0.2, -0.15) is 0 Å². The standard InChI is InChI=1S/C38H26BrN/c39-27-20-23-36-34(24-27)29-12-8-9-17-35(29)40(36)28-21-18-26(19-22-28)38-32-15-6-4-13-30(32)37(25-10-2-1-3-11-25)31-14-5-7-16-33(31)38/h1-4,6,8-24H,5,7H2. The highest BCUT2D eigenvalue weighted by Crippen LogP contribution is 2.35. The topological polar surface area (TPSA) is 4.93 Å². The van der Waals surface area contributed by atoms with Crippen LogP contribution >= 0.6 is 15.9 Å². The fourth-order valence-corrected chi connectivity index (χ4v) is 6.95. The molecule has 0 atom stereocenters. The number of benzene rings is 6. The zero-order chi connectivity index (χ0) is 26.6. The molecule has 0 radical (unpaired) electrons. The first kappa shape index (κ1) is 23.5. The quantitative estimate of drug-likeness (QED) is 0.198. The lowest BCUT2D eigenvalue weighted by Gasteiger charge is -2.18. The lowest BCUT2D eigenvalue weighted by molar-refractivity contribution is 1.12. The van der Waals surface area contributed by atoms with Gasteiger partial charge in [0.15, 0.2) is 0 Å². The van der Waals surface area contributed by atoms with Gasteiger partial charge < -0.3 is 4.57 Å². The van der Waals surface area contributed by atoms with Crippen LogP contribution in [-0.2, 0) is 0 Å². The van der Waals surface area contributed by atoms with Crippen molar-refractivity contribution in [3.8, 4) is 27.9 Å². The van der Waals surface area contributed by atoms with Crippen LogP contribution in [0.2, 0.25) is 0 Å². The molecule has 190 valence electrons. The summed E-state index contributed by atoms with van der Waals surface area (Å²) in [5.41, 5.74) is 8.83. The molecule has 40 heavy (non-hydrogen) atoms. The number of para-hydroxylation sites is 1. The first-order chi connectivity index (χ1) is 19.8. The van der Waals surface area contributed by atoms with Gasteiger partial charge in [0.1, 0.15) is 0 Å². The van der Waals surface area contributed by atoms with Crippen LogP contribution in [0.1, 0.15) is 12.8 Å². The van der Waals surface area contributed by atoms with E-state index < -0.39 is 0 Å². The van der Waals surface area contributed by atoms with Crippen LogP contribution in [0.3, 0.4) is 0 Å². The average Bonchev–Trinajstić information content (AvgIpc) is 3.34. The van der Waals surface area contributed by atoms with Crippen molar-refractivity contribution in [2.24, 2.45) is 0 Å². The normalized spacial score (nSPS) is 12.8. The number of nitrogens with zero attached hydrogens (tertiary/aromatic N) is 1. The van der Waals surface area contributed by atoms with Crippen LogP contribution in [0.5, 0.6) is 0 Å². The summed E-state index contributed by atoms with van der Waals surface area (Å²) < 4.78 is 3.48. The van der Waals surface area contributed by atoms with Crippen LogP contribution in [0, 0.1) is 0 Å². The molecule has 0 spiro atoms. The molecule has 1 aliphatic carbocycles. The second kappa shape index (κ2) is 9.36. The predicted octanol–water partition coefficient (Wildman–Crippen LogP) is 9.39. The highest BCUT2D eigenvalue weighted by Gasteiger charge is 2.17. The number of aromatic nitrogens is 1. The molecule has 0 unspecified atom stereocenters. The van der Waals surface area contributed by atoms with E-state index >= 15 is 0 Å². The van der Waals surface area contributed by atoms with Gasteiger partial charge in [-0.1, -0.05) is 113 Å². The van der Waals surface area contributed by atoms with Gasteiger partial charge in [-0.3, -0.25) is 0 Å². The van der Waals surface area contributed by atoms with Crippen molar-refractivity contribution in [1.29, 1.82) is 0 Å². The predicted molar refractivity (Wildman–Crippen MR) is 174 cm³/mol.